The van der Waals surface area contributed by atoms with Gasteiger partial charge in [0, 0.05) is 16.6 Å². The molecule has 4 heteroatoms. The molecule has 0 saturated heterocycles. The predicted octanol–water partition coefficient (Wildman–Crippen LogP) is 4.71. The highest BCUT2D eigenvalue weighted by Crippen LogP contribution is 2.34. The summed E-state index contributed by atoms with van der Waals surface area (Å²) in [5.41, 5.74) is 2.38. The number of aryl methyl sites for hydroxylation is 1. The van der Waals surface area contributed by atoms with Crippen molar-refractivity contribution < 1.29 is 9.50 Å². The van der Waals surface area contributed by atoms with Crippen molar-refractivity contribution in [2.75, 3.05) is 0 Å². The van der Waals surface area contributed by atoms with E-state index in [1.54, 1.807) is 18.2 Å². The van der Waals surface area contributed by atoms with E-state index in [4.69, 9.17) is 11.6 Å². The van der Waals surface area contributed by atoms with Crippen molar-refractivity contribution in [2.24, 2.45) is 0 Å². The molecule has 0 bridgehead atoms. The summed E-state index contributed by atoms with van der Waals surface area (Å²) in [5, 5.41) is 10.9. The van der Waals surface area contributed by atoms with E-state index in [1.165, 1.54) is 18.2 Å². The molecule has 0 fully saturated rings. The van der Waals surface area contributed by atoms with Crippen LogP contribution in [0, 0.1) is 12.7 Å². The molecule has 0 aliphatic carbocycles. The normalized spacial score (nSPS) is 10.9. The Kier molecular flexibility index (Phi) is 3.07. The molecule has 0 saturated carbocycles. The number of halogens is 2. The third-order valence-corrected chi connectivity index (χ3v) is 3.46. The summed E-state index contributed by atoms with van der Waals surface area (Å²) in [5.74, 6) is -0.374. The maximum absolute atomic E-state index is 14.1. The molecule has 0 aliphatic rings. The van der Waals surface area contributed by atoms with Crippen LogP contribution in [0.15, 0.2) is 42.5 Å². The molecule has 3 rings (SSSR count). The number of phenols is 1. The predicted molar refractivity (Wildman–Crippen MR) is 78.5 cm³/mol. The second-order valence-electron chi connectivity index (χ2n) is 4.61. The average molecular weight is 288 g/mol. The number of rotatable bonds is 1. The van der Waals surface area contributed by atoms with Gasteiger partial charge in [-0.05, 0) is 42.8 Å². The average Bonchev–Trinajstić information content (AvgIpc) is 2.42. The second-order valence-corrected chi connectivity index (χ2v) is 5.02. The first-order valence-electron chi connectivity index (χ1n) is 6.11. The fourth-order valence-corrected chi connectivity index (χ4v) is 2.50. The molecule has 1 N–H and O–H groups in total. The Morgan fingerprint density at radius 2 is 1.90 bits per heavy atom. The van der Waals surface area contributed by atoms with Gasteiger partial charge < -0.3 is 5.11 Å². The molecule has 0 aliphatic heterocycles. The van der Waals surface area contributed by atoms with Gasteiger partial charge in [-0.15, -0.1) is 0 Å². The molecule has 1 heterocycles. The fraction of sp³-hybridized carbons (Fsp3) is 0.0625. The van der Waals surface area contributed by atoms with Crippen molar-refractivity contribution in [1.82, 2.24) is 4.98 Å². The van der Waals surface area contributed by atoms with Crippen molar-refractivity contribution >= 4 is 22.5 Å². The van der Waals surface area contributed by atoms with Crippen molar-refractivity contribution in [3.63, 3.8) is 0 Å². The first kappa shape index (κ1) is 12.9. The quantitative estimate of drug-likeness (QED) is 0.703. The van der Waals surface area contributed by atoms with Gasteiger partial charge >= 0.3 is 0 Å². The van der Waals surface area contributed by atoms with Crippen LogP contribution in [0.5, 0.6) is 5.75 Å². The number of para-hydroxylation sites is 1. The number of hydrogen-bond donors (Lipinski definition) is 1. The fourth-order valence-electron chi connectivity index (χ4n) is 2.28. The molecule has 0 atom stereocenters. The Morgan fingerprint density at radius 3 is 2.70 bits per heavy atom. The molecular formula is C16H11ClFNO. The molecule has 0 radical (unpaired) electrons. The van der Waals surface area contributed by atoms with Crippen LogP contribution >= 0.6 is 11.6 Å². The van der Waals surface area contributed by atoms with Crippen LogP contribution in [0.25, 0.3) is 22.0 Å². The summed E-state index contributed by atoms with van der Waals surface area (Å²) in [7, 11) is 0. The largest absolute Gasteiger partial charge is 0.508 e. The first-order chi connectivity index (χ1) is 9.56. The minimum Gasteiger partial charge on any atom is -0.508 e. The summed E-state index contributed by atoms with van der Waals surface area (Å²) >= 11 is 6.15. The summed E-state index contributed by atoms with van der Waals surface area (Å²) < 4.78 is 14.1. The SMILES string of the molecule is Cc1cc(-c2cc(O)ccc2F)c2cccc(Cl)c2n1. The Morgan fingerprint density at radius 1 is 1.10 bits per heavy atom. The molecule has 0 unspecified atom stereocenters. The van der Waals surface area contributed by atoms with Crippen molar-refractivity contribution in [3.05, 3.63) is 59.0 Å². The van der Waals surface area contributed by atoms with Crippen LogP contribution in [-0.4, -0.2) is 10.1 Å². The number of aromatic hydroxyl groups is 1. The minimum atomic E-state index is -0.394. The van der Waals surface area contributed by atoms with E-state index < -0.39 is 5.82 Å². The molecule has 20 heavy (non-hydrogen) atoms. The van der Waals surface area contributed by atoms with Gasteiger partial charge in [-0.3, -0.25) is 4.98 Å². The maximum Gasteiger partial charge on any atom is 0.131 e. The van der Waals surface area contributed by atoms with Crippen LogP contribution in [0.4, 0.5) is 4.39 Å². The van der Waals surface area contributed by atoms with Gasteiger partial charge in [-0.25, -0.2) is 4.39 Å². The number of fused-ring (bicyclic) bond motifs is 1. The summed E-state index contributed by atoms with van der Waals surface area (Å²) in [6.07, 6.45) is 0. The van der Waals surface area contributed by atoms with Crippen molar-refractivity contribution in [1.29, 1.82) is 0 Å². The van der Waals surface area contributed by atoms with Crippen LogP contribution in [0.3, 0.4) is 0 Å². The van der Waals surface area contributed by atoms with E-state index in [9.17, 15) is 9.50 Å². The number of nitrogens with zero attached hydrogens (tertiary/aromatic N) is 1. The Labute approximate surface area is 120 Å². The van der Waals surface area contributed by atoms with Gasteiger partial charge in [0.25, 0.3) is 0 Å². The topological polar surface area (TPSA) is 33.1 Å². The van der Waals surface area contributed by atoms with Gasteiger partial charge in [0.1, 0.15) is 11.6 Å². The third-order valence-electron chi connectivity index (χ3n) is 3.16. The zero-order chi connectivity index (χ0) is 14.3. The molecule has 0 spiro atoms. The van der Waals surface area contributed by atoms with Crippen molar-refractivity contribution in [2.45, 2.75) is 6.92 Å². The highest BCUT2D eigenvalue weighted by atomic mass is 35.5. The first-order valence-corrected chi connectivity index (χ1v) is 6.49. The number of aromatic nitrogens is 1. The van der Waals surface area contributed by atoms with Gasteiger partial charge in [-0.2, -0.15) is 0 Å². The third kappa shape index (κ3) is 2.10. The maximum atomic E-state index is 14.1. The molecular weight excluding hydrogens is 277 g/mol. The Hall–Kier alpha value is -2.13. The van der Waals surface area contributed by atoms with E-state index in [0.29, 0.717) is 21.7 Å². The van der Waals surface area contributed by atoms with Crippen molar-refractivity contribution in [3.8, 4) is 16.9 Å². The van der Waals surface area contributed by atoms with E-state index in [1.807, 2.05) is 13.0 Å². The van der Waals surface area contributed by atoms with E-state index in [2.05, 4.69) is 4.98 Å². The Bertz CT molecular complexity index is 817. The molecule has 2 aromatic carbocycles. The number of phenolic OH excluding ortho intramolecular Hbond substituents is 1. The molecule has 2 nitrogen and oxygen atoms in total. The lowest BCUT2D eigenvalue weighted by Gasteiger charge is -2.10. The van der Waals surface area contributed by atoms with Crippen LogP contribution in [-0.2, 0) is 0 Å². The summed E-state index contributed by atoms with van der Waals surface area (Å²) in [6, 6.07) is 11.1. The second kappa shape index (κ2) is 4.76. The molecule has 0 amide bonds. The lowest BCUT2D eigenvalue weighted by Crippen LogP contribution is -1.91. The van der Waals surface area contributed by atoms with E-state index in [-0.39, 0.29) is 5.75 Å². The smallest absolute Gasteiger partial charge is 0.131 e. The monoisotopic (exact) mass is 287 g/mol. The number of pyridine rings is 1. The lowest BCUT2D eigenvalue weighted by atomic mass is 9.99. The van der Waals surface area contributed by atoms with Gasteiger partial charge in [0.2, 0.25) is 0 Å². The van der Waals surface area contributed by atoms with E-state index in [0.717, 1.165) is 11.1 Å². The standard InChI is InChI=1S/C16H11ClFNO/c1-9-7-12(13-8-10(20)5-6-15(13)18)11-3-2-4-14(17)16(11)19-9/h2-8,20H,1H3. The zero-order valence-electron chi connectivity index (χ0n) is 10.7. The molecule has 1 aromatic heterocycles. The summed E-state index contributed by atoms with van der Waals surface area (Å²) in [6.45, 7) is 1.83. The van der Waals surface area contributed by atoms with Crippen LogP contribution in [0.2, 0.25) is 5.02 Å². The van der Waals surface area contributed by atoms with Crippen LogP contribution < -0.4 is 0 Å². The zero-order valence-corrected chi connectivity index (χ0v) is 11.4. The van der Waals surface area contributed by atoms with Gasteiger partial charge in [-0.1, -0.05) is 23.7 Å². The highest BCUT2D eigenvalue weighted by molar-refractivity contribution is 6.35. The van der Waals surface area contributed by atoms with Gasteiger partial charge in [0.15, 0.2) is 0 Å². The molecule has 100 valence electrons. The Balaban J connectivity index is 2.42. The number of hydrogen-bond acceptors (Lipinski definition) is 2. The lowest BCUT2D eigenvalue weighted by molar-refractivity contribution is 0.473. The minimum absolute atomic E-state index is 0.0195. The van der Waals surface area contributed by atoms with E-state index >= 15 is 0 Å². The van der Waals surface area contributed by atoms with Gasteiger partial charge in [0.05, 0.1) is 10.5 Å². The summed E-state index contributed by atoms with van der Waals surface area (Å²) in [4.78, 5) is 4.40. The number of benzene rings is 2. The van der Waals surface area contributed by atoms with Crippen LogP contribution in [0.1, 0.15) is 5.69 Å². The highest BCUT2D eigenvalue weighted by Gasteiger charge is 2.12. The molecule has 3 aromatic rings.